The van der Waals surface area contributed by atoms with Crippen molar-refractivity contribution in [2.75, 3.05) is 7.11 Å². The predicted molar refractivity (Wildman–Crippen MR) is 95.3 cm³/mol. The third-order valence-electron chi connectivity index (χ3n) is 5.42. The molecular weight excluding hydrogens is 300 g/mol. The van der Waals surface area contributed by atoms with Crippen molar-refractivity contribution in [2.45, 2.75) is 38.7 Å². The van der Waals surface area contributed by atoms with Crippen LogP contribution in [-0.2, 0) is 9.53 Å². The number of methoxy groups -OCH3 is 1. The van der Waals surface area contributed by atoms with Crippen LogP contribution >= 0.6 is 0 Å². The van der Waals surface area contributed by atoms with Crippen molar-refractivity contribution < 1.29 is 14.6 Å². The van der Waals surface area contributed by atoms with E-state index in [0.29, 0.717) is 18.3 Å². The quantitative estimate of drug-likeness (QED) is 0.659. The highest BCUT2D eigenvalue weighted by molar-refractivity contribution is 5.69. The van der Waals surface area contributed by atoms with Gasteiger partial charge in [-0.1, -0.05) is 53.6 Å². The van der Waals surface area contributed by atoms with E-state index in [1.165, 1.54) is 23.8 Å². The molecule has 0 heterocycles. The summed E-state index contributed by atoms with van der Waals surface area (Å²) in [4.78, 5) is 11.3. The standard InChI is InChI=1S/C21H26O3/c1-14-3-5-15(6-4-14)7-9-18-19-12-16(8-10-21(23)24-2)11-17(19)13-20(18)22/h3-7,9,11,17-20,22H,8,10,12-13H2,1-2H3/b9-7+/t17-,18+,19-,20+/m0/s1. The van der Waals surface area contributed by atoms with E-state index in [0.717, 1.165) is 19.3 Å². The van der Waals surface area contributed by atoms with E-state index in [1.54, 1.807) is 0 Å². The van der Waals surface area contributed by atoms with Gasteiger partial charge in [-0.3, -0.25) is 4.79 Å². The summed E-state index contributed by atoms with van der Waals surface area (Å²) in [7, 11) is 1.43. The lowest BCUT2D eigenvalue weighted by molar-refractivity contribution is -0.140. The molecule has 0 amide bonds. The zero-order valence-corrected chi connectivity index (χ0v) is 14.4. The number of aliphatic hydroxyl groups is 1. The second-order valence-corrected chi connectivity index (χ2v) is 7.08. The second kappa shape index (κ2) is 7.35. The van der Waals surface area contributed by atoms with Crippen LogP contribution in [0.5, 0.6) is 0 Å². The zero-order chi connectivity index (χ0) is 17.1. The highest BCUT2D eigenvalue weighted by atomic mass is 16.5. The monoisotopic (exact) mass is 326 g/mol. The molecule has 2 aliphatic carbocycles. The Morgan fingerprint density at radius 3 is 2.79 bits per heavy atom. The maximum absolute atomic E-state index is 11.3. The van der Waals surface area contributed by atoms with E-state index in [2.05, 4.69) is 49.4 Å². The number of allylic oxidation sites excluding steroid dienone is 2. The molecule has 0 unspecified atom stereocenters. The van der Waals surface area contributed by atoms with E-state index in [1.807, 2.05) is 0 Å². The van der Waals surface area contributed by atoms with Gasteiger partial charge in [0.15, 0.2) is 0 Å². The van der Waals surface area contributed by atoms with Gasteiger partial charge in [-0.2, -0.15) is 0 Å². The number of hydrogen-bond acceptors (Lipinski definition) is 3. The van der Waals surface area contributed by atoms with Gasteiger partial charge in [0.2, 0.25) is 0 Å². The number of hydrogen-bond donors (Lipinski definition) is 1. The molecular formula is C21H26O3. The molecule has 0 bridgehead atoms. The van der Waals surface area contributed by atoms with Gasteiger partial charge in [0, 0.05) is 12.3 Å². The summed E-state index contributed by atoms with van der Waals surface area (Å²) in [5.41, 5.74) is 3.77. The van der Waals surface area contributed by atoms with Gasteiger partial charge in [-0.15, -0.1) is 0 Å². The number of aryl methyl sites for hydroxylation is 1. The molecule has 3 nitrogen and oxygen atoms in total. The van der Waals surface area contributed by atoms with Gasteiger partial charge in [0.1, 0.15) is 0 Å². The van der Waals surface area contributed by atoms with Gasteiger partial charge in [0.25, 0.3) is 0 Å². The Balaban J connectivity index is 1.62. The van der Waals surface area contributed by atoms with Crippen LogP contribution in [0.15, 0.2) is 42.0 Å². The molecule has 1 aromatic rings. The SMILES string of the molecule is COC(=O)CCC1=C[C@H]2C[C@@H](O)[C@H](/C=C/c3ccc(C)cc3)[C@H]2C1. The Hall–Kier alpha value is -1.87. The molecule has 0 radical (unpaired) electrons. The summed E-state index contributed by atoms with van der Waals surface area (Å²) in [5, 5.41) is 10.4. The van der Waals surface area contributed by atoms with Crippen molar-refractivity contribution in [2.24, 2.45) is 17.8 Å². The summed E-state index contributed by atoms with van der Waals surface area (Å²) < 4.78 is 4.72. The third kappa shape index (κ3) is 3.78. The lowest BCUT2D eigenvalue weighted by Crippen LogP contribution is -2.17. The lowest BCUT2D eigenvalue weighted by Gasteiger charge is -2.18. The maximum Gasteiger partial charge on any atom is 0.305 e. The topological polar surface area (TPSA) is 46.5 Å². The van der Waals surface area contributed by atoms with E-state index in [9.17, 15) is 9.90 Å². The number of fused-ring (bicyclic) bond motifs is 1. The first-order valence-corrected chi connectivity index (χ1v) is 8.76. The van der Waals surface area contributed by atoms with Gasteiger partial charge >= 0.3 is 5.97 Å². The van der Waals surface area contributed by atoms with Crippen molar-refractivity contribution in [1.82, 2.24) is 0 Å². The molecule has 1 aromatic carbocycles. The van der Waals surface area contributed by atoms with Crippen LogP contribution in [0.2, 0.25) is 0 Å². The van der Waals surface area contributed by atoms with Crippen molar-refractivity contribution in [3.05, 3.63) is 53.1 Å². The van der Waals surface area contributed by atoms with Gasteiger partial charge in [-0.05, 0) is 43.6 Å². The van der Waals surface area contributed by atoms with Gasteiger partial charge < -0.3 is 9.84 Å². The van der Waals surface area contributed by atoms with Crippen molar-refractivity contribution in [3.63, 3.8) is 0 Å². The van der Waals surface area contributed by atoms with E-state index >= 15 is 0 Å². The molecule has 128 valence electrons. The first-order valence-electron chi connectivity index (χ1n) is 8.76. The van der Waals surface area contributed by atoms with Crippen LogP contribution in [0.25, 0.3) is 6.08 Å². The molecule has 3 rings (SSSR count). The Bertz CT molecular complexity index is 642. The molecule has 1 N–H and O–H groups in total. The molecule has 4 atom stereocenters. The van der Waals surface area contributed by atoms with Gasteiger partial charge in [-0.25, -0.2) is 0 Å². The summed E-state index contributed by atoms with van der Waals surface area (Å²) in [5.74, 6) is 0.960. The minimum atomic E-state index is -0.264. The number of carbonyl (C=O) groups excluding carboxylic acids is 1. The third-order valence-corrected chi connectivity index (χ3v) is 5.42. The van der Waals surface area contributed by atoms with Crippen LogP contribution in [0.4, 0.5) is 0 Å². The Morgan fingerprint density at radius 1 is 1.33 bits per heavy atom. The number of esters is 1. The lowest BCUT2D eigenvalue weighted by atomic mass is 9.88. The van der Waals surface area contributed by atoms with Crippen molar-refractivity contribution >= 4 is 12.0 Å². The Morgan fingerprint density at radius 2 is 2.08 bits per heavy atom. The number of carbonyl (C=O) groups is 1. The highest BCUT2D eigenvalue weighted by Crippen LogP contribution is 2.48. The fourth-order valence-corrected chi connectivity index (χ4v) is 4.06. The molecule has 24 heavy (non-hydrogen) atoms. The Kier molecular flexibility index (Phi) is 5.20. The average molecular weight is 326 g/mol. The molecule has 2 aliphatic rings. The van der Waals surface area contributed by atoms with Crippen LogP contribution in [-0.4, -0.2) is 24.3 Å². The van der Waals surface area contributed by atoms with Gasteiger partial charge in [0.05, 0.1) is 13.2 Å². The van der Waals surface area contributed by atoms with E-state index in [4.69, 9.17) is 4.74 Å². The fraction of sp³-hybridized carbons (Fsp3) is 0.476. The fourth-order valence-electron chi connectivity index (χ4n) is 4.06. The molecule has 0 aromatic heterocycles. The van der Waals surface area contributed by atoms with Crippen LogP contribution < -0.4 is 0 Å². The molecule has 1 saturated carbocycles. The minimum absolute atomic E-state index is 0.149. The van der Waals surface area contributed by atoms with E-state index in [-0.39, 0.29) is 18.0 Å². The summed E-state index contributed by atoms with van der Waals surface area (Å²) >= 11 is 0. The molecule has 0 saturated heterocycles. The van der Waals surface area contributed by atoms with Crippen LogP contribution in [0.3, 0.4) is 0 Å². The van der Waals surface area contributed by atoms with E-state index < -0.39 is 0 Å². The van der Waals surface area contributed by atoms with Crippen LogP contribution in [0.1, 0.15) is 36.8 Å². The molecule has 0 spiro atoms. The largest absolute Gasteiger partial charge is 0.469 e. The number of rotatable bonds is 5. The van der Waals surface area contributed by atoms with Crippen LogP contribution in [0, 0.1) is 24.7 Å². The molecule has 3 heteroatoms. The number of ether oxygens (including phenoxy) is 1. The van der Waals surface area contributed by atoms with Crippen molar-refractivity contribution in [3.8, 4) is 0 Å². The summed E-state index contributed by atoms with van der Waals surface area (Å²) in [6, 6.07) is 8.43. The second-order valence-electron chi connectivity index (χ2n) is 7.08. The predicted octanol–water partition coefficient (Wildman–Crippen LogP) is 3.90. The molecule has 1 fully saturated rings. The minimum Gasteiger partial charge on any atom is -0.469 e. The average Bonchev–Trinajstić information content (AvgIpc) is 3.09. The normalized spacial score (nSPS) is 28.9. The zero-order valence-electron chi connectivity index (χ0n) is 14.4. The first-order chi connectivity index (χ1) is 11.6. The first kappa shape index (κ1) is 17.0. The summed E-state index contributed by atoms with van der Waals surface area (Å²) in [6.45, 7) is 2.08. The maximum atomic E-state index is 11.3. The highest BCUT2D eigenvalue weighted by Gasteiger charge is 2.43. The smallest absolute Gasteiger partial charge is 0.305 e. The number of aliphatic hydroxyl groups excluding tert-OH is 1. The summed E-state index contributed by atoms with van der Waals surface area (Å²) in [6.07, 6.45) is 9.38. The van der Waals surface area contributed by atoms with Crippen molar-refractivity contribution in [1.29, 1.82) is 0 Å². The molecule has 0 aliphatic heterocycles. The number of benzene rings is 1. The Labute approximate surface area is 144 Å².